The van der Waals surface area contributed by atoms with E-state index in [1.165, 1.54) is 0 Å². The molecule has 1 aromatic carbocycles. The monoisotopic (exact) mass is 284 g/mol. The van der Waals surface area contributed by atoms with Crippen LogP contribution >= 0.6 is 0 Å². The summed E-state index contributed by atoms with van der Waals surface area (Å²) >= 11 is 0. The van der Waals surface area contributed by atoms with E-state index in [1.54, 1.807) is 12.3 Å². The Bertz CT molecular complexity index is 565. The van der Waals surface area contributed by atoms with Gasteiger partial charge >= 0.3 is 6.03 Å². The molecule has 5 nitrogen and oxygen atoms in total. The van der Waals surface area contributed by atoms with E-state index in [2.05, 4.69) is 34.4 Å². The van der Waals surface area contributed by atoms with Crippen LogP contribution in [0.3, 0.4) is 0 Å². The molecule has 2 N–H and O–H groups in total. The van der Waals surface area contributed by atoms with Gasteiger partial charge < -0.3 is 10.2 Å². The standard InChI is InChI=1S/C16H20N4O/c1-3-20(4-2)14-10-11-15(17-12-14)19-16(21)18-13-8-6-5-7-9-13/h5-12H,3-4H2,1-2H3,(H2,17,18,19,21). The number of pyridine rings is 1. The Balaban J connectivity index is 1.95. The summed E-state index contributed by atoms with van der Waals surface area (Å²) in [6.45, 7) is 6.06. The fourth-order valence-corrected chi connectivity index (χ4v) is 2.04. The molecule has 0 aliphatic rings. The number of urea groups is 1. The van der Waals surface area contributed by atoms with Gasteiger partial charge in [-0.3, -0.25) is 5.32 Å². The zero-order valence-corrected chi connectivity index (χ0v) is 12.3. The molecule has 0 unspecified atom stereocenters. The third-order valence-corrected chi connectivity index (χ3v) is 3.15. The van der Waals surface area contributed by atoms with Crippen molar-refractivity contribution in [2.45, 2.75) is 13.8 Å². The van der Waals surface area contributed by atoms with E-state index >= 15 is 0 Å². The summed E-state index contributed by atoms with van der Waals surface area (Å²) in [7, 11) is 0. The number of benzene rings is 1. The number of aromatic nitrogens is 1. The minimum absolute atomic E-state index is 0.302. The lowest BCUT2D eigenvalue weighted by Crippen LogP contribution is -2.22. The lowest BCUT2D eigenvalue weighted by Gasteiger charge is -2.20. The Morgan fingerprint density at radius 3 is 2.33 bits per heavy atom. The van der Waals surface area contributed by atoms with Gasteiger partial charge in [0.1, 0.15) is 5.82 Å². The maximum absolute atomic E-state index is 11.8. The van der Waals surface area contributed by atoms with Gasteiger partial charge in [0, 0.05) is 18.8 Å². The van der Waals surface area contributed by atoms with Crippen molar-refractivity contribution in [2.24, 2.45) is 0 Å². The molecule has 0 saturated heterocycles. The number of nitrogens with one attached hydrogen (secondary N) is 2. The predicted octanol–water partition coefficient (Wildman–Crippen LogP) is 3.57. The van der Waals surface area contributed by atoms with Gasteiger partial charge in [-0.1, -0.05) is 18.2 Å². The lowest BCUT2D eigenvalue weighted by molar-refractivity contribution is 0.262. The van der Waals surface area contributed by atoms with Crippen LogP contribution in [-0.4, -0.2) is 24.1 Å². The molecule has 0 atom stereocenters. The second kappa shape index (κ2) is 7.28. The van der Waals surface area contributed by atoms with Gasteiger partial charge in [-0.25, -0.2) is 9.78 Å². The maximum Gasteiger partial charge on any atom is 0.324 e. The number of rotatable bonds is 5. The number of para-hydroxylation sites is 1. The summed E-state index contributed by atoms with van der Waals surface area (Å²) in [6.07, 6.45) is 1.77. The molecule has 0 saturated carbocycles. The fourth-order valence-electron chi connectivity index (χ4n) is 2.04. The summed E-state index contributed by atoms with van der Waals surface area (Å²) in [5, 5.41) is 5.46. The van der Waals surface area contributed by atoms with Crippen molar-refractivity contribution in [1.82, 2.24) is 4.98 Å². The molecule has 0 aliphatic heterocycles. The molecule has 0 bridgehead atoms. The first-order valence-corrected chi connectivity index (χ1v) is 7.07. The highest BCUT2D eigenvalue weighted by Gasteiger charge is 2.05. The van der Waals surface area contributed by atoms with Crippen LogP contribution in [0, 0.1) is 0 Å². The van der Waals surface area contributed by atoms with E-state index in [9.17, 15) is 4.79 Å². The smallest absolute Gasteiger partial charge is 0.324 e. The summed E-state index contributed by atoms with van der Waals surface area (Å²) in [6, 6.07) is 12.8. The van der Waals surface area contributed by atoms with Crippen molar-refractivity contribution in [3.05, 3.63) is 48.7 Å². The molecule has 5 heteroatoms. The van der Waals surface area contributed by atoms with Crippen LogP contribution in [-0.2, 0) is 0 Å². The third-order valence-electron chi connectivity index (χ3n) is 3.15. The van der Waals surface area contributed by atoms with Crippen LogP contribution in [0.5, 0.6) is 0 Å². The van der Waals surface area contributed by atoms with Crippen LogP contribution in [0.4, 0.5) is 22.0 Å². The van der Waals surface area contributed by atoms with Crippen LogP contribution < -0.4 is 15.5 Å². The second-order valence-corrected chi connectivity index (χ2v) is 4.52. The summed E-state index contributed by atoms with van der Waals surface area (Å²) < 4.78 is 0. The van der Waals surface area contributed by atoms with Crippen LogP contribution in [0.2, 0.25) is 0 Å². The Hall–Kier alpha value is -2.56. The van der Waals surface area contributed by atoms with Crippen molar-refractivity contribution in [2.75, 3.05) is 28.6 Å². The van der Waals surface area contributed by atoms with Crippen molar-refractivity contribution in [3.8, 4) is 0 Å². The Morgan fingerprint density at radius 2 is 1.76 bits per heavy atom. The number of carbonyl (C=O) groups excluding carboxylic acids is 1. The second-order valence-electron chi connectivity index (χ2n) is 4.52. The van der Waals surface area contributed by atoms with Gasteiger partial charge in [0.05, 0.1) is 11.9 Å². The minimum Gasteiger partial charge on any atom is -0.371 e. The summed E-state index contributed by atoms with van der Waals surface area (Å²) in [5.41, 5.74) is 1.80. The normalized spacial score (nSPS) is 10.0. The van der Waals surface area contributed by atoms with E-state index in [-0.39, 0.29) is 6.03 Å². The largest absolute Gasteiger partial charge is 0.371 e. The molecule has 2 rings (SSSR count). The summed E-state index contributed by atoms with van der Waals surface area (Å²) in [5.74, 6) is 0.527. The highest BCUT2D eigenvalue weighted by atomic mass is 16.2. The molecule has 21 heavy (non-hydrogen) atoms. The van der Waals surface area contributed by atoms with Gasteiger partial charge in [0.25, 0.3) is 0 Å². The third kappa shape index (κ3) is 4.21. The van der Waals surface area contributed by atoms with Crippen molar-refractivity contribution < 1.29 is 4.79 Å². The first-order valence-electron chi connectivity index (χ1n) is 7.07. The predicted molar refractivity (Wildman–Crippen MR) is 86.9 cm³/mol. The van der Waals surface area contributed by atoms with Crippen LogP contribution in [0.15, 0.2) is 48.7 Å². The van der Waals surface area contributed by atoms with E-state index in [1.807, 2.05) is 36.4 Å². The van der Waals surface area contributed by atoms with E-state index in [0.29, 0.717) is 5.82 Å². The van der Waals surface area contributed by atoms with E-state index in [4.69, 9.17) is 0 Å². The Morgan fingerprint density at radius 1 is 1.05 bits per heavy atom. The Kier molecular flexibility index (Phi) is 5.15. The molecule has 1 aromatic heterocycles. The molecule has 0 radical (unpaired) electrons. The highest BCUT2D eigenvalue weighted by molar-refractivity contribution is 5.99. The highest BCUT2D eigenvalue weighted by Crippen LogP contribution is 2.15. The average molecular weight is 284 g/mol. The quantitative estimate of drug-likeness (QED) is 0.882. The number of nitrogens with zero attached hydrogens (tertiary/aromatic N) is 2. The minimum atomic E-state index is -0.302. The summed E-state index contributed by atoms with van der Waals surface area (Å²) in [4.78, 5) is 18.3. The molecular formula is C16H20N4O. The van der Waals surface area contributed by atoms with Gasteiger partial charge in [0.15, 0.2) is 0 Å². The molecular weight excluding hydrogens is 264 g/mol. The van der Waals surface area contributed by atoms with Gasteiger partial charge in [0.2, 0.25) is 0 Å². The topological polar surface area (TPSA) is 57.3 Å². The molecule has 110 valence electrons. The zero-order valence-electron chi connectivity index (χ0n) is 12.3. The fraction of sp³-hybridized carbons (Fsp3) is 0.250. The van der Waals surface area contributed by atoms with Crippen LogP contribution in [0.25, 0.3) is 0 Å². The zero-order chi connectivity index (χ0) is 15.1. The molecule has 0 fully saturated rings. The number of amides is 2. The van der Waals surface area contributed by atoms with E-state index < -0.39 is 0 Å². The number of carbonyl (C=O) groups is 1. The number of anilines is 3. The van der Waals surface area contributed by atoms with E-state index in [0.717, 1.165) is 24.5 Å². The van der Waals surface area contributed by atoms with Crippen molar-refractivity contribution in [1.29, 1.82) is 0 Å². The first-order chi connectivity index (χ1) is 10.2. The molecule has 1 heterocycles. The number of hydrogen-bond donors (Lipinski definition) is 2. The average Bonchev–Trinajstić information content (AvgIpc) is 2.51. The molecule has 2 aromatic rings. The van der Waals surface area contributed by atoms with Gasteiger partial charge in [-0.2, -0.15) is 0 Å². The SMILES string of the molecule is CCN(CC)c1ccc(NC(=O)Nc2ccccc2)nc1. The van der Waals surface area contributed by atoms with Crippen molar-refractivity contribution >= 4 is 23.2 Å². The lowest BCUT2D eigenvalue weighted by atomic mass is 10.3. The Labute approximate surface area is 125 Å². The van der Waals surface area contributed by atoms with Crippen LogP contribution in [0.1, 0.15) is 13.8 Å². The van der Waals surface area contributed by atoms with Crippen molar-refractivity contribution in [3.63, 3.8) is 0 Å². The first kappa shape index (κ1) is 14.8. The molecule has 2 amide bonds. The molecule has 0 aliphatic carbocycles. The van der Waals surface area contributed by atoms with Gasteiger partial charge in [-0.15, -0.1) is 0 Å². The molecule has 0 spiro atoms. The van der Waals surface area contributed by atoms with Gasteiger partial charge in [-0.05, 0) is 38.1 Å². The maximum atomic E-state index is 11.8. The number of hydrogen-bond acceptors (Lipinski definition) is 3.